The Balaban J connectivity index is 1.56. The summed E-state index contributed by atoms with van der Waals surface area (Å²) >= 11 is 0. The van der Waals surface area contributed by atoms with Crippen molar-refractivity contribution < 1.29 is 14.4 Å². The van der Waals surface area contributed by atoms with Crippen LogP contribution in [0, 0.1) is 0 Å². The first-order chi connectivity index (χ1) is 14.5. The van der Waals surface area contributed by atoms with Gasteiger partial charge in [-0.3, -0.25) is 14.4 Å². The highest BCUT2D eigenvalue weighted by molar-refractivity contribution is 6.45. The molecule has 1 unspecified atom stereocenters. The lowest BCUT2D eigenvalue weighted by Gasteiger charge is -2.16. The van der Waals surface area contributed by atoms with Crippen LogP contribution in [0.25, 0.3) is 10.9 Å². The summed E-state index contributed by atoms with van der Waals surface area (Å²) in [5.74, 6) is -1.21. The van der Waals surface area contributed by atoms with E-state index in [0.29, 0.717) is 10.9 Å². The number of Topliss-reactive ketones (excluding diaryl/α,β-unsaturated/α-hetero) is 1. The van der Waals surface area contributed by atoms with Gasteiger partial charge in [-0.25, -0.2) is 0 Å². The molecule has 1 aliphatic heterocycles. The number of ketones is 1. The summed E-state index contributed by atoms with van der Waals surface area (Å²) in [6.45, 7) is 3.57. The number of hydrogen-bond donors (Lipinski definition) is 1. The van der Waals surface area contributed by atoms with Crippen molar-refractivity contribution in [2.45, 2.75) is 32.4 Å². The first kappa shape index (κ1) is 19.9. The number of aromatic nitrogens is 1. The normalized spacial score (nSPS) is 14.6. The largest absolute Gasteiger partial charge is 0.343 e. The highest BCUT2D eigenvalue weighted by Crippen LogP contribution is 2.23. The van der Waals surface area contributed by atoms with Crippen molar-refractivity contribution in [2.24, 2.45) is 0 Å². The van der Waals surface area contributed by atoms with Crippen LogP contribution in [-0.2, 0) is 16.1 Å². The molecule has 2 amide bonds. The van der Waals surface area contributed by atoms with Crippen LogP contribution in [0.2, 0.25) is 0 Å². The molecule has 0 saturated carbocycles. The molecule has 6 heteroatoms. The minimum absolute atomic E-state index is 0.0365. The minimum Gasteiger partial charge on any atom is -0.343 e. The predicted molar refractivity (Wildman–Crippen MR) is 115 cm³/mol. The molecule has 3 aromatic rings. The molecule has 1 aliphatic rings. The van der Waals surface area contributed by atoms with E-state index in [2.05, 4.69) is 5.32 Å². The van der Waals surface area contributed by atoms with E-state index in [1.807, 2.05) is 66.4 Å². The summed E-state index contributed by atoms with van der Waals surface area (Å²) in [7, 11) is 0. The number of carbonyl (C=O) groups excluding carboxylic acids is 3. The standard InChI is InChI=1S/C24H25N3O3/c1-17(18-9-3-2-4-10-18)25-24(30)23(29)20-15-27(21-12-6-5-11-19(20)21)16-22(28)26-13-7-8-14-26/h2-6,9-12,15,17H,7-8,13-14,16H2,1H3,(H,25,30). The van der Waals surface area contributed by atoms with E-state index in [0.717, 1.165) is 37.0 Å². The average molecular weight is 403 g/mol. The molecule has 1 fully saturated rings. The van der Waals surface area contributed by atoms with Gasteiger partial charge in [-0.15, -0.1) is 0 Å². The second-order valence-corrected chi connectivity index (χ2v) is 7.71. The Hall–Kier alpha value is -3.41. The van der Waals surface area contributed by atoms with Crippen molar-refractivity contribution in [3.05, 3.63) is 71.9 Å². The van der Waals surface area contributed by atoms with Gasteiger partial charge < -0.3 is 14.8 Å². The van der Waals surface area contributed by atoms with Gasteiger partial charge in [-0.05, 0) is 31.4 Å². The van der Waals surface area contributed by atoms with Gasteiger partial charge in [0, 0.05) is 30.2 Å². The number of rotatable bonds is 6. The van der Waals surface area contributed by atoms with Gasteiger partial charge in [0.15, 0.2) is 0 Å². The maximum atomic E-state index is 13.0. The second kappa shape index (κ2) is 8.53. The topological polar surface area (TPSA) is 71.4 Å². The third kappa shape index (κ3) is 3.99. The van der Waals surface area contributed by atoms with Crippen LogP contribution in [-0.4, -0.2) is 40.2 Å². The van der Waals surface area contributed by atoms with E-state index in [9.17, 15) is 14.4 Å². The summed E-state index contributed by atoms with van der Waals surface area (Å²) < 4.78 is 1.77. The van der Waals surface area contributed by atoms with E-state index in [4.69, 9.17) is 0 Å². The maximum Gasteiger partial charge on any atom is 0.292 e. The van der Waals surface area contributed by atoms with Crippen LogP contribution in [0.5, 0.6) is 0 Å². The molecule has 2 heterocycles. The smallest absolute Gasteiger partial charge is 0.292 e. The molecule has 1 aromatic heterocycles. The number of carbonyl (C=O) groups is 3. The van der Waals surface area contributed by atoms with Crippen molar-refractivity contribution in [1.82, 2.24) is 14.8 Å². The van der Waals surface area contributed by atoms with Gasteiger partial charge in [0.05, 0.1) is 11.6 Å². The first-order valence-corrected chi connectivity index (χ1v) is 10.3. The summed E-state index contributed by atoms with van der Waals surface area (Å²) in [6.07, 6.45) is 3.69. The molecule has 0 radical (unpaired) electrons. The third-order valence-electron chi connectivity index (χ3n) is 5.65. The number of para-hydroxylation sites is 1. The molecule has 0 spiro atoms. The SMILES string of the molecule is CC(NC(=O)C(=O)c1cn(CC(=O)N2CCCC2)c2ccccc12)c1ccccc1. The molecular weight excluding hydrogens is 378 g/mol. The van der Waals surface area contributed by atoms with Gasteiger partial charge in [0.25, 0.3) is 11.7 Å². The van der Waals surface area contributed by atoms with Crippen molar-refractivity contribution >= 4 is 28.5 Å². The van der Waals surface area contributed by atoms with Gasteiger partial charge >= 0.3 is 0 Å². The van der Waals surface area contributed by atoms with Crippen LogP contribution < -0.4 is 5.32 Å². The zero-order valence-electron chi connectivity index (χ0n) is 17.0. The van der Waals surface area contributed by atoms with Crippen molar-refractivity contribution in [3.63, 3.8) is 0 Å². The molecule has 6 nitrogen and oxygen atoms in total. The Morgan fingerprint density at radius 3 is 2.37 bits per heavy atom. The molecule has 1 saturated heterocycles. The lowest BCUT2D eigenvalue weighted by molar-refractivity contribution is -0.130. The van der Waals surface area contributed by atoms with Crippen LogP contribution in [0.3, 0.4) is 0 Å². The molecular formula is C24H25N3O3. The zero-order valence-corrected chi connectivity index (χ0v) is 17.0. The Morgan fingerprint density at radius 2 is 1.63 bits per heavy atom. The van der Waals surface area contributed by atoms with E-state index < -0.39 is 11.7 Å². The number of fused-ring (bicyclic) bond motifs is 1. The zero-order chi connectivity index (χ0) is 21.1. The number of benzene rings is 2. The Bertz CT molecular complexity index is 1080. The fraction of sp³-hybridized carbons (Fsp3) is 0.292. The molecule has 154 valence electrons. The van der Waals surface area contributed by atoms with E-state index in [1.54, 1.807) is 10.8 Å². The van der Waals surface area contributed by atoms with Crippen LogP contribution in [0.1, 0.15) is 41.7 Å². The number of nitrogens with one attached hydrogen (secondary N) is 1. The second-order valence-electron chi connectivity index (χ2n) is 7.71. The highest BCUT2D eigenvalue weighted by Gasteiger charge is 2.25. The maximum absolute atomic E-state index is 13.0. The third-order valence-corrected chi connectivity index (χ3v) is 5.65. The van der Waals surface area contributed by atoms with E-state index in [-0.39, 0.29) is 18.5 Å². The molecule has 30 heavy (non-hydrogen) atoms. The fourth-order valence-electron chi connectivity index (χ4n) is 3.98. The van der Waals surface area contributed by atoms with Gasteiger partial charge in [-0.2, -0.15) is 0 Å². The Labute approximate surface area is 175 Å². The number of hydrogen-bond acceptors (Lipinski definition) is 3. The van der Waals surface area contributed by atoms with Gasteiger partial charge in [0.1, 0.15) is 6.54 Å². The quantitative estimate of drug-likeness (QED) is 0.507. The average Bonchev–Trinajstić information content (AvgIpc) is 3.43. The Morgan fingerprint density at radius 1 is 0.967 bits per heavy atom. The summed E-state index contributed by atoms with van der Waals surface area (Å²) in [6, 6.07) is 16.6. The van der Waals surface area contributed by atoms with Crippen molar-refractivity contribution in [2.75, 3.05) is 13.1 Å². The lowest BCUT2D eigenvalue weighted by Crippen LogP contribution is -2.33. The molecule has 1 N–H and O–H groups in total. The summed E-state index contributed by atoms with van der Waals surface area (Å²) in [4.78, 5) is 40.1. The number of likely N-dealkylation sites (tertiary alicyclic amines) is 1. The minimum atomic E-state index is -0.653. The van der Waals surface area contributed by atoms with Crippen LogP contribution >= 0.6 is 0 Å². The fourth-order valence-corrected chi connectivity index (χ4v) is 3.98. The van der Waals surface area contributed by atoms with Gasteiger partial charge in [-0.1, -0.05) is 48.5 Å². The number of nitrogens with zero attached hydrogens (tertiary/aromatic N) is 2. The van der Waals surface area contributed by atoms with E-state index in [1.165, 1.54) is 0 Å². The highest BCUT2D eigenvalue weighted by atomic mass is 16.2. The predicted octanol–water partition coefficient (Wildman–Crippen LogP) is 3.32. The molecule has 0 bridgehead atoms. The first-order valence-electron chi connectivity index (χ1n) is 10.3. The number of amides is 2. The Kier molecular flexibility index (Phi) is 5.65. The molecule has 2 aromatic carbocycles. The molecule has 4 rings (SSSR count). The molecule has 1 atom stereocenters. The summed E-state index contributed by atoms with van der Waals surface area (Å²) in [5.41, 5.74) is 2.02. The lowest BCUT2D eigenvalue weighted by atomic mass is 10.1. The van der Waals surface area contributed by atoms with Crippen LogP contribution in [0.15, 0.2) is 60.8 Å². The van der Waals surface area contributed by atoms with Crippen molar-refractivity contribution in [1.29, 1.82) is 0 Å². The van der Waals surface area contributed by atoms with Gasteiger partial charge in [0.2, 0.25) is 5.91 Å². The molecule has 0 aliphatic carbocycles. The van der Waals surface area contributed by atoms with Crippen LogP contribution in [0.4, 0.5) is 0 Å². The summed E-state index contributed by atoms with van der Waals surface area (Å²) in [5, 5.41) is 3.46. The van der Waals surface area contributed by atoms with E-state index >= 15 is 0 Å². The van der Waals surface area contributed by atoms with Crippen molar-refractivity contribution in [3.8, 4) is 0 Å². The monoisotopic (exact) mass is 403 g/mol.